The molecule has 0 aliphatic rings. The van der Waals surface area contributed by atoms with Gasteiger partial charge in [-0.3, -0.25) is 4.79 Å². The van der Waals surface area contributed by atoms with Crippen LogP contribution in [-0.4, -0.2) is 43.1 Å². The zero-order valence-corrected chi connectivity index (χ0v) is 15.4. The Bertz CT molecular complexity index is 646. The van der Waals surface area contributed by atoms with E-state index in [2.05, 4.69) is 4.98 Å². The van der Waals surface area contributed by atoms with Gasteiger partial charge in [-0.05, 0) is 30.7 Å². The van der Waals surface area contributed by atoms with Gasteiger partial charge >= 0.3 is 0 Å². The van der Waals surface area contributed by atoms with Crippen LogP contribution in [0.4, 0.5) is 0 Å². The number of thiazole rings is 1. The van der Waals surface area contributed by atoms with Crippen LogP contribution in [0.1, 0.15) is 17.1 Å². The lowest BCUT2D eigenvalue weighted by Gasteiger charge is -2.16. The molecule has 1 heterocycles. The SMILES string of the molecule is COCCCN(C)C(=O)Cc1csc(COc2ccc(Cl)cc2)n1. The molecule has 0 saturated heterocycles. The molecule has 0 N–H and O–H groups in total. The van der Waals surface area contributed by atoms with Crippen molar-refractivity contribution in [2.24, 2.45) is 0 Å². The molecule has 2 rings (SSSR count). The summed E-state index contributed by atoms with van der Waals surface area (Å²) in [6.07, 6.45) is 1.14. The molecule has 2 aromatic rings. The minimum absolute atomic E-state index is 0.0570. The first-order chi connectivity index (χ1) is 11.6. The summed E-state index contributed by atoms with van der Waals surface area (Å²) >= 11 is 7.33. The second-order valence-corrected chi connectivity index (χ2v) is 6.69. The summed E-state index contributed by atoms with van der Waals surface area (Å²) in [6, 6.07) is 7.19. The van der Waals surface area contributed by atoms with Crippen molar-refractivity contribution in [2.45, 2.75) is 19.4 Å². The lowest BCUT2D eigenvalue weighted by Crippen LogP contribution is -2.29. The van der Waals surface area contributed by atoms with Crippen LogP contribution in [0, 0.1) is 0 Å². The van der Waals surface area contributed by atoms with Crippen molar-refractivity contribution in [2.75, 3.05) is 27.3 Å². The maximum atomic E-state index is 12.1. The first kappa shape index (κ1) is 18.7. The Morgan fingerprint density at radius 1 is 1.33 bits per heavy atom. The van der Waals surface area contributed by atoms with Crippen LogP contribution in [0.25, 0.3) is 0 Å². The van der Waals surface area contributed by atoms with Crippen LogP contribution < -0.4 is 4.74 Å². The molecular formula is C17H21ClN2O3S. The number of ether oxygens (including phenoxy) is 2. The van der Waals surface area contributed by atoms with Gasteiger partial charge in [0.1, 0.15) is 17.4 Å². The Balaban J connectivity index is 1.79. The van der Waals surface area contributed by atoms with E-state index in [1.54, 1.807) is 31.2 Å². The van der Waals surface area contributed by atoms with E-state index in [4.69, 9.17) is 21.1 Å². The topological polar surface area (TPSA) is 51.7 Å². The van der Waals surface area contributed by atoms with Crippen molar-refractivity contribution >= 4 is 28.8 Å². The molecule has 0 aliphatic carbocycles. The van der Waals surface area contributed by atoms with Gasteiger partial charge in [-0.2, -0.15) is 0 Å². The predicted octanol–water partition coefficient (Wildman–Crippen LogP) is 3.41. The number of amides is 1. The number of nitrogens with zero attached hydrogens (tertiary/aromatic N) is 2. The fourth-order valence-corrected chi connectivity index (χ4v) is 2.86. The standard InChI is InChI=1S/C17H21ClN2O3S/c1-20(8-3-9-22-2)17(21)10-14-12-24-16(19-14)11-23-15-6-4-13(18)5-7-15/h4-7,12H,3,8-11H2,1-2H3. The Morgan fingerprint density at radius 3 is 2.79 bits per heavy atom. The summed E-state index contributed by atoms with van der Waals surface area (Å²) in [7, 11) is 3.46. The van der Waals surface area contributed by atoms with Gasteiger partial charge in [0.2, 0.25) is 5.91 Å². The van der Waals surface area contributed by atoms with Crippen LogP contribution in [0.3, 0.4) is 0 Å². The number of carbonyl (C=O) groups excluding carboxylic acids is 1. The number of hydrogen-bond donors (Lipinski definition) is 0. The molecule has 24 heavy (non-hydrogen) atoms. The molecule has 0 unspecified atom stereocenters. The average molecular weight is 369 g/mol. The Morgan fingerprint density at radius 2 is 2.08 bits per heavy atom. The predicted molar refractivity (Wildman–Crippen MR) is 95.7 cm³/mol. The van der Waals surface area contributed by atoms with Gasteiger partial charge in [-0.1, -0.05) is 11.6 Å². The number of carbonyl (C=O) groups is 1. The van der Waals surface area contributed by atoms with Crippen molar-refractivity contribution in [3.05, 3.63) is 45.4 Å². The number of likely N-dealkylation sites (N-methyl/N-ethyl adjacent to an activating group) is 1. The molecule has 130 valence electrons. The van der Waals surface area contributed by atoms with E-state index in [0.29, 0.717) is 31.2 Å². The molecule has 0 saturated carbocycles. The number of aromatic nitrogens is 1. The minimum Gasteiger partial charge on any atom is -0.486 e. The number of hydrogen-bond acceptors (Lipinski definition) is 5. The second kappa shape index (κ2) is 9.61. The molecule has 1 amide bonds. The van der Waals surface area contributed by atoms with Gasteiger partial charge in [0.25, 0.3) is 0 Å². The quantitative estimate of drug-likeness (QED) is 0.636. The summed E-state index contributed by atoms with van der Waals surface area (Å²) in [5.74, 6) is 0.798. The van der Waals surface area contributed by atoms with E-state index in [9.17, 15) is 4.79 Å². The van der Waals surface area contributed by atoms with Gasteiger partial charge in [0.15, 0.2) is 0 Å². The Kier molecular flexibility index (Phi) is 7.49. The average Bonchev–Trinajstić information content (AvgIpc) is 3.02. The summed E-state index contributed by atoms with van der Waals surface area (Å²) in [5.41, 5.74) is 0.776. The molecule has 0 bridgehead atoms. The third-order valence-corrected chi connectivity index (χ3v) is 4.50. The Hall–Kier alpha value is -1.63. The van der Waals surface area contributed by atoms with Crippen LogP contribution in [0.5, 0.6) is 5.75 Å². The van der Waals surface area contributed by atoms with Crippen LogP contribution in [0.15, 0.2) is 29.6 Å². The summed E-state index contributed by atoms with van der Waals surface area (Å²) in [4.78, 5) is 18.3. The summed E-state index contributed by atoms with van der Waals surface area (Å²) in [5, 5.41) is 3.42. The maximum absolute atomic E-state index is 12.1. The first-order valence-electron chi connectivity index (χ1n) is 7.63. The van der Waals surface area contributed by atoms with Crippen molar-refractivity contribution in [3.8, 4) is 5.75 Å². The molecule has 0 fully saturated rings. The van der Waals surface area contributed by atoms with E-state index >= 15 is 0 Å². The van der Waals surface area contributed by atoms with E-state index < -0.39 is 0 Å². The minimum atomic E-state index is 0.0570. The normalized spacial score (nSPS) is 10.6. The number of methoxy groups -OCH3 is 1. The molecule has 0 atom stereocenters. The number of halogens is 1. The van der Waals surface area contributed by atoms with Crippen molar-refractivity contribution in [1.29, 1.82) is 0 Å². The highest BCUT2D eigenvalue weighted by Gasteiger charge is 2.12. The smallest absolute Gasteiger partial charge is 0.228 e. The van der Waals surface area contributed by atoms with Gasteiger partial charge in [0.05, 0.1) is 12.1 Å². The number of rotatable bonds is 9. The third-order valence-electron chi connectivity index (χ3n) is 3.38. The lowest BCUT2D eigenvalue weighted by atomic mass is 10.3. The zero-order chi connectivity index (χ0) is 17.4. The van der Waals surface area contributed by atoms with Crippen LogP contribution >= 0.6 is 22.9 Å². The van der Waals surface area contributed by atoms with Gasteiger partial charge in [0, 0.05) is 37.7 Å². The lowest BCUT2D eigenvalue weighted by molar-refractivity contribution is -0.129. The van der Waals surface area contributed by atoms with Gasteiger partial charge < -0.3 is 14.4 Å². The molecule has 1 aromatic carbocycles. The van der Waals surface area contributed by atoms with E-state index in [0.717, 1.165) is 22.9 Å². The van der Waals surface area contributed by atoms with Crippen molar-refractivity contribution in [1.82, 2.24) is 9.88 Å². The van der Waals surface area contributed by atoms with Gasteiger partial charge in [-0.25, -0.2) is 4.98 Å². The fraction of sp³-hybridized carbons (Fsp3) is 0.412. The van der Waals surface area contributed by atoms with Crippen molar-refractivity contribution < 1.29 is 14.3 Å². The third kappa shape index (κ3) is 6.11. The van der Waals surface area contributed by atoms with Gasteiger partial charge in [-0.15, -0.1) is 11.3 Å². The highest BCUT2D eigenvalue weighted by Crippen LogP contribution is 2.18. The first-order valence-corrected chi connectivity index (χ1v) is 8.89. The molecule has 5 nitrogen and oxygen atoms in total. The van der Waals surface area contributed by atoms with Crippen LogP contribution in [-0.2, 0) is 22.6 Å². The molecule has 0 aliphatic heterocycles. The second-order valence-electron chi connectivity index (χ2n) is 5.31. The largest absolute Gasteiger partial charge is 0.486 e. The van der Waals surface area contributed by atoms with Crippen LogP contribution in [0.2, 0.25) is 5.02 Å². The highest BCUT2D eigenvalue weighted by molar-refractivity contribution is 7.09. The fourth-order valence-electron chi connectivity index (χ4n) is 2.03. The molecule has 0 radical (unpaired) electrons. The molecule has 1 aromatic heterocycles. The van der Waals surface area contributed by atoms with E-state index in [1.807, 2.05) is 17.5 Å². The highest BCUT2D eigenvalue weighted by atomic mass is 35.5. The molecule has 0 spiro atoms. The summed E-state index contributed by atoms with van der Waals surface area (Å²) in [6.45, 7) is 1.72. The van der Waals surface area contributed by atoms with E-state index in [1.165, 1.54) is 11.3 Å². The monoisotopic (exact) mass is 368 g/mol. The summed E-state index contributed by atoms with van der Waals surface area (Å²) < 4.78 is 10.7. The molecular weight excluding hydrogens is 348 g/mol. The maximum Gasteiger partial charge on any atom is 0.228 e. The Labute approximate surface area is 151 Å². The van der Waals surface area contributed by atoms with Crippen molar-refractivity contribution in [3.63, 3.8) is 0 Å². The molecule has 7 heteroatoms. The van der Waals surface area contributed by atoms with E-state index in [-0.39, 0.29) is 5.91 Å². The number of benzene rings is 1. The zero-order valence-electron chi connectivity index (χ0n) is 13.8.